The molecule has 0 saturated heterocycles. The summed E-state index contributed by atoms with van der Waals surface area (Å²) < 4.78 is 32.7. The van der Waals surface area contributed by atoms with Crippen molar-refractivity contribution < 1.29 is 18.3 Å². The largest absolute Gasteiger partial charge is 0.487 e. The zero-order valence-electron chi connectivity index (χ0n) is 12.7. The molecule has 0 heterocycles. The minimum Gasteiger partial charge on any atom is -0.487 e. The molecular weight excluding hydrogens is 278 g/mol. The van der Waals surface area contributed by atoms with E-state index in [1.165, 1.54) is 17.0 Å². The predicted octanol–water partition coefficient (Wildman–Crippen LogP) is 2.32. The Hall–Kier alpha value is -1.69. The maximum Gasteiger partial charge on any atom is 0.225 e. The van der Waals surface area contributed by atoms with Gasteiger partial charge in [-0.1, -0.05) is 6.92 Å². The first kappa shape index (κ1) is 17.4. The van der Waals surface area contributed by atoms with Gasteiger partial charge in [0.1, 0.15) is 0 Å². The lowest BCUT2D eigenvalue weighted by molar-refractivity contribution is -0.129. The van der Waals surface area contributed by atoms with Crippen molar-refractivity contribution in [1.82, 2.24) is 10.2 Å². The van der Waals surface area contributed by atoms with Crippen LogP contribution in [0.4, 0.5) is 8.78 Å². The van der Waals surface area contributed by atoms with Crippen molar-refractivity contribution in [2.75, 3.05) is 27.2 Å². The molecule has 21 heavy (non-hydrogen) atoms. The first-order valence-electron chi connectivity index (χ1n) is 6.97. The van der Waals surface area contributed by atoms with Crippen molar-refractivity contribution in [3.63, 3.8) is 0 Å². The smallest absolute Gasteiger partial charge is 0.225 e. The van der Waals surface area contributed by atoms with Gasteiger partial charge in [-0.05, 0) is 30.7 Å². The number of benzene rings is 1. The average Bonchev–Trinajstić information content (AvgIpc) is 2.41. The second-order valence-electron chi connectivity index (χ2n) is 4.95. The molecule has 0 fully saturated rings. The van der Waals surface area contributed by atoms with Gasteiger partial charge in [0.25, 0.3) is 0 Å². The molecule has 1 aromatic rings. The van der Waals surface area contributed by atoms with Gasteiger partial charge in [0.15, 0.2) is 17.4 Å². The summed E-state index contributed by atoms with van der Waals surface area (Å²) in [7, 11) is 3.23. The van der Waals surface area contributed by atoms with Gasteiger partial charge in [0.2, 0.25) is 5.91 Å². The monoisotopic (exact) mass is 300 g/mol. The quantitative estimate of drug-likeness (QED) is 0.749. The van der Waals surface area contributed by atoms with Crippen molar-refractivity contribution in [3.8, 4) is 5.75 Å². The maximum atomic E-state index is 13.8. The molecule has 0 atom stereocenters. The number of halogens is 2. The van der Waals surface area contributed by atoms with Crippen molar-refractivity contribution in [3.05, 3.63) is 29.3 Å². The summed E-state index contributed by atoms with van der Waals surface area (Å²) in [5.74, 6) is -2.08. The van der Waals surface area contributed by atoms with Gasteiger partial charge < -0.3 is 15.0 Å². The summed E-state index contributed by atoms with van der Waals surface area (Å²) in [6, 6.07) is 2.49. The lowest BCUT2D eigenvalue weighted by Gasteiger charge is -2.12. The van der Waals surface area contributed by atoms with Crippen LogP contribution in [0.5, 0.6) is 5.75 Å². The van der Waals surface area contributed by atoms with Crippen LogP contribution in [0.1, 0.15) is 25.3 Å². The number of hydrogen-bond donors (Lipinski definition) is 1. The van der Waals surface area contributed by atoms with E-state index in [2.05, 4.69) is 5.32 Å². The Morgan fingerprint density at radius 1 is 1.29 bits per heavy atom. The standard InChI is InChI=1S/C15H22F2N2O2/c1-4-6-18-10-11-8-12(16)15(13(17)9-11)21-7-5-14(20)19(2)3/h8-9,18H,4-7,10H2,1-3H3. The molecule has 1 amide bonds. The molecule has 0 unspecified atom stereocenters. The molecule has 0 aliphatic heterocycles. The van der Waals surface area contributed by atoms with Crippen molar-refractivity contribution in [1.29, 1.82) is 0 Å². The molecule has 0 aliphatic rings. The van der Waals surface area contributed by atoms with Crippen molar-refractivity contribution in [2.24, 2.45) is 0 Å². The fraction of sp³-hybridized carbons (Fsp3) is 0.533. The van der Waals surface area contributed by atoms with Gasteiger partial charge >= 0.3 is 0 Å². The van der Waals surface area contributed by atoms with Crippen LogP contribution in [0.2, 0.25) is 0 Å². The lowest BCUT2D eigenvalue weighted by atomic mass is 10.2. The van der Waals surface area contributed by atoms with Crippen LogP contribution in [0.25, 0.3) is 0 Å². The summed E-state index contributed by atoms with van der Waals surface area (Å²) >= 11 is 0. The minimum atomic E-state index is -0.749. The Labute approximate surface area is 124 Å². The SMILES string of the molecule is CCCNCc1cc(F)c(OCCC(=O)N(C)C)c(F)c1. The van der Waals surface area contributed by atoms with E-state index in [9.17, 15) is 13.6 Å². The summed E-state index contributed by atoms with van der Waals surface area (Å²) in [6.07, 6.45) is 1.03. The highest BCUT2D eigenvalue weighted by Gasteiger charge is 2.13. The third-order valence-electron chi connectivity index (χ3n) is 2.88. The molecule has 0 aromatic heterocycles. The van der Waals surface area contributed by atoms with E-state index in [0.717, 1.165) is 13.0 Å². The van der Waals surface area contributed by atoms with Crippen LogP contribution < -0.4 is 10.1 Å². The highest BCUT2D eigenvalue weighted by molar-refractivity contribution is 5.75. The number of carbonyl (C=O) groups excluding carboxylic acids is 1. The summed E-state index contributed by atoms with van der Waals surface area (Å²) in [4.78, 5) is 12.8. The van der Waals surface area contributed by atoms with Crippen molar-refractivity contribution in [2.45, 2.75) is 26.3 Å². The summed E-state index contributed by atoms with van der Waals surface area (Å²) in [5.41, 5.74) is 0.523. The molecule has 1 N–H and O–H groups in total. The van der Waals surface area contributed by atoms with Gasteiger partial charge in [0, 0.05) is 20.6 Å². The molecule has 0 aliphatic carbocycles. The number of nitrogens with one attached hydrogen (secondary N) is 1. The third kappa shape index (κ3) is 5.67. The van der Waals surface area contributed by atoms with Crippen LogP contribution in [0, 0.1) is 11.6 Å². The molecule has 1 rings (SSSR count). The normalized spacial score (nSPS) is 10.5. The third-order valence-corrected chi connectivity index (χ3v) is 2.88. The molecule has 0 saturated carbocycles. The van der Waals surface area contributed by atoms with Crippen molar-refractivity contribution >= 4 is 5.91 Å². The molecule has 0 spiro atoms. The Kier molecular flexibility index (Phi) is 7.08. The topological polar surface area (TPSA) is 41.6 Å². The van der Waals surface area contributed by atoms with Gasteiger partial charge in [-0.25, -0.2) is 8.78 Å². The number of ether oxygens (including phenoxy) is 1. The van der Waals surface area contributed by atoms with E-state index < -0.39 is 17.4 Å². The second kappa shape index (κ2) is 8.56. The van der Waals surface area contributed by atoms with E-state index >= 15 is 0 Å². The minimum absolute atomic E-state index is 0.0573. The average molecular weight is 300 g/mol. The first-order chi connectivity index (χ1) is 9.95. The van der Waals surface area contributed by atoms with Crippen LogP contribution in [0.15, 0.2) is 12.1 Å². The van der Waals surface area contributed by atoms with Gasteiger partial charge in [0.05, 0.1) is 13.0 Å². The van der Waals surface area contributed by atoms with E-state index in [0.29, 0.717) is 12.1 Å². The Morgan fingerprint density at radius 2 is 1.90 bits per heavy atom. The number of amides is 1. The number of rotatable bonds is 8. The maximum absolute atomic E-state index is 13.8. The van der Waals surface area contributed by atoms with E-state index in [4.69, 9.17) is 4.74 Å². The number of nitrogens with zero attached hydrogens (tertiary/aromatic N) is 1. The fourth-order valence-corrected chi connectivity index (χ4v) is 1.73. The number of carbonyl (C=O) groups is 1. The zero-order valence-corrected chi connectivity index (χ0v) is 12.7. The zero-order chi connectivity index (χ0) is 15.8. The highest BCUT2D eigenvalue weighted by atomic mass is 19.1. The van der Waals surface area contributed by atoms with Gasteiger partial charge in [-0.2, -0.15) is 0 Å². The van der Waals surface area contributed by atoms with E-state index in [1.807, 2.05) is 6.92 Å². The molecule has 118 valence electrons. The Bertz CT molecular complexity index is 456. The predicted molar refractivity (Wildman–Crippen MR) is 77.2 cm³/mol. The second-order valence-corrected chi connectivity index (χ2v) is 4.95. The molecule has 4 nitrogen and oxygen atoms in total. The molecule has 1 aromatic carbocycles. The Morgan fingerprint density at radius 3 is 2.43 bits per heavy atom. The molecule has 6 heteroatoms. The van der Waals surface area contributed by atoms with E-state index in [1.54, 1.807) is 14.1 Å². The lowest BCUT2D eigenvalue weighted by Crippen LogP contribution is -2.23. The van der Waals surface area contributed by atoms with Crippen LogP contribution in [0.3, 0.4) is 0 Å². The van der Waals surface area contributed by atoms with E-state index in [-0.39, 0.29) is 18.9 Å². The molecular formula is C15H22F2N2O2. The van der Waals surface area contributed by atoms with Crippen LogP contribution in [-0.2, 0) is 11.3 Å². The summed E-state index contributed by atoms with van der Waals surface area (Å²) in [5, 5.41) is 3.07. The highest BCUT2D eigenvalue weighted by Crippen LogP contribution is 2.23. The number of hydrogen-bond acceptors (Lipinski definition) is 3. The first-order valence-corrected chi connectivity index (χ1v) is 6.97. The van der Waals surface area contributed by atoms with Crippen LogP contribution in [-0.4, -0.2) is 38.1 Å². The Balaban J connectivity index is 2.61. The fourth-order valence-electron chi connectivity index (χ4n) is 1.73. The summed E-state index contributed by atoms with van der Waals surface area (Å²) in [6.45, 7) is 3.15. The van der Waals surface area contributed by atoms with Gasteiger partial charge in [-0.3, -0.25) is 4.79 Å². The van der Waals surface area contributed by atoms with Gasteiger partial charge in [-0.15, -0.1) is 0 Å². The molecule has 0 bridgehead atoms. The molecule has 0 radical (unpaired) electrons. The van der Waals surface area contributed by atoms with Crippen LogP contribution >= 0.6 is 0 Å².